The Labute approximate surface area is 115 Å². The van der Waals surface area contributed by atoms with Crippen molar-refractivity contribution in [1.82, 2.24) is 5.32 Å². The van der Waals surface area contributed by atoms with E-state index in [1.807, 2.05) is 39.0 Å². The van der Waals surface area contributed by atoms with Crippen molar-refractivity contribution in [3.05, 3.63) is 35.9 Å². The van der Waals surface area contributed by atoms with E-state index in [4.69, 9.17) is 10.5 Å². The summed E-state index contributed by atoms with van der Waals surface area (Å²) in [5.41, 5.74) is 6.53. The highest BCUT2D eigenvalue weighted by molar-refractivity contribution is 5.75. The molecule has 0 amide bonds. The molecular formula is C15H24N2O2. The van der Waals surface area contributed by atoms with Crippen LogP contribution in [0.25, 0.3) is 0 Å². The molecule has 4 heteroatoms. The van der Waals surface area contributed by atoms with Crippen LogP contribution < -0.4 is 11.1 Å². The fourth-order valence-corrected chi connectivity index (χ4v) is 1.58. The van der Waals surface area contributed by atoms with E-state index in [0.717, 1.165) is 6.54 Å². The standard InChI is InChI=1S/C15H24N2O2/c1-15(2,3)19-14(18)13(16)9-10-17-11-12-7-5-4-6-8-12/h4-8,13,17H,9-11,16H2,1-3H3. The van der Waals surface area contributed by atoms with Gasteiger partial charge in [0, 0.05) is 6.54 Å². The summed E-state index contributed by atoms with van der Waals surface area (Å²) < 4.78 is 5.22. The molecule has 4 nitrogen and oxygen atoms in total. The van der Waals surface area contributed by atoms with Crippen molar-refractivity contribution in [3.8, 4) is 0 Å². The van der Waals surface area contributed by atoms with Crippen LogP contribution in [0, 0.1) is 0 Å². The molecule has 0 aliphatic carbocycles. The number of hydrogen-bond acceptors (Lipinski definition) is 4. The van der Waals surface area contributed by atoms with Crippen LogP contribution in [0.15, 0.2) is 30.3 Å². The van der Waals surface area contributed by atoms with E-state index in [2.05, 4.69) is 17.4 Å². The highest BCUT2D eigenvalue weighted by atomic mass is 16.6. The third-order valence-corrected chi connectivity index (χ3v) is 2.51. The number of carbonyl (C=O) groups is 1. The van der Waals surface area contributed by atoms with Crippen molar-refractivity contribution in [2.24, 2.45) is 5.73 Å². The number of carbonyl (C=O) groups excluding carboxylic acids is 1. The summed E-state index contributed by atoms with van der Waals surface area (Å²) in [6, 6.07) is 9.54. The van der Waals surface area contributed by atoms with Gasteiger partial charge in [-0.25, -0.2) is 0 Å². The molecule has 106 valence electrons. The van der Waals surface area contributed by atoms with Crippen molar-refractivity contribution in [2.45, 2.75) is 45.4 Å². The zero-order chi connectivity index (χ0) is 14.3. The van der Waals surface area contributed by atoms with Gasteiger partial charge >= 0.3 is 5.97 Å². The number of benzene rings is 1. The molecule has 0 bridgehead atoms. The predicted molar refractivity (Wildman–Crippen MR) is 76.6 cm³/mol. The minimum atomic E-state index is -0.567. The molecule has 1 aromatic carbocycles. The molecule has 0 saturated carbocycles. The molecule has 1 unspecified atom stereocenters. The fourth-order valence-electron chi connectivity index (χ4n) is 1.58. The van der Waals surface area contributed by atoms with Crippen molar-refractivity contribution in [1.29, 1.82) is 0 Å². The first-order valence-electron chi connectivity index (χ1n) is 6.61. The second kappa shape index (κ2) is 7.26. The Bertz CT molecular complexity index is 385. The van der Waals surface area contributed by atoms with Gasteiger partial charge in [0.25, 0.3) is 0 Å². The zero-order valence-electron chi connectivity index (χ0n) is 12.0. The molecule has 1 atom stereocenters. The van der Waals surface area contributed by atoms with Crippen LogP contribution in [-0.4, -0.2) is 24.2 Å². The first kappa shape index (κ1) is 15.7. The summed E-state index contributed by atoms with van der Waals surface area (Å²) >= 11 is 0. The van der Waals surface area contributed by atoms with E-state index in [-0.39, 0.29) is 5.97 Å². The van der Waals surface area contributed by atoms with E-state index >= 15 is 0 Å². The van der Waals surface area contributed by atoms with Gasteiger partial charge in [-0.2, -0.15) is 0 Å². The molecule has 1 rings (SSSR count). The lowest BCUT2D eigenvalue weighted by Gasteiger charge is -2.22. The van der Waals surface area contributed by atoms with E-state index in [1.165, 1.54) is 5.56 Å². The molecule has 0 heterocycles. The average Bonchev–Trinajstić information content (AvgIpc) is 2.33. The lowest BCUT2D eigenvalue weighted by atomic mass is 10.1. The molecule has 0 radical (unpaired) electrons. The van der Waals surface area contributed by atoms with E-state index in [0.29, 0.717) is 13.0 Å². The van der Waals surface area contributed by atoms with Crippen molar-refractivity contribution < 1.29 is 9.53 Å². The van der Waals surface area contributed by atoms with Crippen LogP contribution in [-0.2, 0) is 16.1 Å². The van der Waals surface area contributed by atoms with Crippen LogP contribution in [0.5, 0.6) is 0 Å². The number of ether oxygens (including phenoxy) is 1. The summed E-state index contributed by atoms with van der Waals surface area (Å²) in [5, 5.41) is 3.26. The Morgan fingerprint density at radius 3 is 2.53 bits per heavy atom. The Hall–Kier alpha value is -1.39. The van der Waals surface area contributed by atoms with Crippen LogP contribution in [0.2, 0.25) is 0 Å². The van der Waals surface area contributed by atoms with Gasteiger partial charge in [0.05, 0.1) is 0 Å². The Kier molecular flexibility index (Phi) is 5.99. The largest absolute Gasteiger partial charge is 0.459 e. The van der Waals surface area contributed by atoms with Crippen LogP contribution in [0.1, 0.15) is 32.8 Å². The van der Waals surface area contributed by atoms with Gasteiger partial charge in [-0.3, -0.25) is 4.79 Å². The maximum absolute atomic E-state index is 11.6. The quantitative estimate of drug-likeness (QED) is 0.608. The molecule has 1 aromatic rings. The van der Waals surface area contributed by atoms with E-state index in [9.17, 15) is 4.79 Å². The van der Waals surface area contributed by atoms with Crippen molar-refractivity contribution in [3.63, 3.8) is 0 Å². The first-order chi connectivity index (χ1) is 8.88. The van der Waals surface area contributed by atoms with E-state index in [1.54, 1.807) is 0 Å². The zero-order valence-corrected chi connectivity index (χ0v) is 12.0. The van der Waals surface area contributed by atoms with Crippen molar-refractivity contribution in [2.75, 3.05) is 6.54 Å². The van der Waals surface area contributed by atoms with Gasteiger partial charge in [-0.05, 0) is 39.3 Å². The lowest BCUT2D eigenvalue weighted by molar-refractivity contribution is -0.156. The molecular weight excluding hydrogens is 240 g/mol. The van der Waals surface area contributed by atoms with Gasteiger partial charge in [0.15, 0.2) is 0 Å². The van der Waals surface area contributed by atoms with Gasteiger partial charge < -0.3 is 15.8 Å². The summed E-state index contributed by atoms with van der Waals surface area (Å²) in [5.74, 6) is -0.339. The summed E-state index contributed by atoms with van der Waals surface area (Å²) in [6.45, 7) is 6.99. The molecule has 0 aromatic heterocycles. The second-order valence-electron chi connectivity index (χ2n) is 5.59. The predicted octanol–water partition coefficient (Wildman–Crippen LogP) is 1.84. The monoisotopic (exact) mass is 264 g/mol. The highest BCUT2D eigenvalue weighted by Gasteiger charge is 2.21. The van der Waals surface area contributed by atoms with Crippen LogP contribution in [0.4, 0.5) is 0 Å². The molecule has 0 saturated heterocycles. The maximum atomic E-state index is 11.6. The summed E-state index contributed by atoms with van der Waals surface area (Å²) in [7, 11) is 0. The second-order valence-corrected chi connectivity index (χ2v) is 5.59. The molecule has 0 aliphatic heterocycles. The minimum Gasteiger partial charge on any atom is -0.459 e. The number of hydrogen-bond donors (Lipinski definition) is 2. The van der Waals surface area contributed by atoms with Crippen LogP contribution in [0.3, 0.4) is 0 Å². The first-order valence-corrected chi connectivity index (χ1v) is 6.61. The molecule has 0 fully saturated rings. The third kappa shape index (κ3) is 6.94. The SMILES string of the molecule is CC(C)(C)OC(=O)C(N)CCNCc1ccccc1. The molecule has 19 heavy (non-hydrogen) atoms. The Morgan fingerprint density at radius 2 is 1.95 bits per heavy atom. The highest BCUT2D eigenvalue weighted by Crippen LogP contribution is 2.08. The summed E-state index contributed by atoms with van der Waals surface area (Å²) in [6.07, 6.45) is 0.571. The maximum Gasteiger partial charge on any atom is 0.323 e. The topological polar surface area (TPSA) is 64.3 Å². The average molecular weight is 264 g/mol. The number of esters is 1. The van der Waals surface area contributed by atoms with Crippen LogP contribution >= 0.6 is 0 Å². The molecule has 0 aliphatic rings. The molecule has 3 N–H and O–H groups in total. The fraction of sp³-hybridized carbons (Fsp3) is 0.533. The van der Waals surface area contributed by atoms with Gasteiger partial charge in [-0.1, -0.05) is 30.3 Å². The third-order valence-electron chi connectivity index (χ3n) is 2.51. The number of nitrogens with two attached hydrogens (primary N) is 1. The Balaban J connectivity index is 2.20. The van der Waals surface area contributed by atoms with Crippen molar-refractivity contribution >= 4 is 5.97 Å². The number of rotatable bonds is 6. The van der Waals surface area contributed by atoms with Gasteiger partial charge in [-0.15, -0.1) is 0 Å². The smallest absolute Gasteiger partial charge is 0.323 e. The van der Waals surface area contributed by atoms with Gasteiger partial charge in [0.1, 0.15) is 11.6 Å². The number of nitrogens with one attached hydrogen (secondary N) is 1. The lowest BCUT2D eigenvalue weighted by Crippen LogP contribution is -2.39. The van der Waals surface area contributed by atoms with Gasteiger partial charge in [0.2, 0.25) is 0 Å². The normalized spacial score (nSPS) is 13.1. The molecule has 0 spiro atoms. The van der Waals surface area contributed by atoms with E-state index < -0.39 is 11.6 Å². The summed E-state index contributed by atoms with van der Waals surface area (Å²) in [4.78, 5) is 11.6. The Morgan fingerprint density at radius 1 is 1.32 bits per heavy atom. The minimum absolute atomic E-state index is 0.339.